The Morgan fingerprint density at radius 1 is 1.46 bits per heavy atom. The van der Waals surface area contributed by atoms with E-state index < -0.39 is 0 Å². The lowest BCUT2D eigenvalue weighted by Gasteiger charge is -2.05. The van der Waals surface area contributed by atoms with Crippen LogP contribution in [0.5, 0.6) is 5.75 Å². The van der Waals surface area contributed by atoms with Gasteiger partial charge in [0, 0.05) is 12.6 Å². The average molecular weight is 182 g/mol. The van der Waals surface area contributed by atoms with Gasteiger partial charge in [-0.1, -0.05) is 0 Å². The van der Waals surface area contributed by atoms with E-state index in [-0.39, 0.29) is 18.0 Å². The molecule has 0 aliphatic carbocycles. The molecule has 0 radical (unpaired) electrons. The van der Waals surface area contributed by atoms with Gasteiger partial charge in [0.25, 0.3) is 0 Å². The van der Waals surface area contributed by atoms with Gasteiger partial charge in [-0.05, 0) is 17.3 Å². The number of anilines is 1. The molecule has 0 amide bonds. The number of benzene rings is 1. The highest BCUT2D eigenvalue weighted by Gasteiger charge is 2.02. The molecule has 0 aliphatic heterocycles. The summed E-state index contributed by atoms with van der Waals surface area (Å²) >= 11 is 0. The quantitative estimate of drug-likeness (QED) is 0.482. The largest absolute Gasteiger partial charge is 0.508 e. The molecule has 0 heterocycles. The van der Waals surface area contributed by atoms with Crippen LogP contribution in [0.15, 0.2) is 23.4 Å². The predicted molar refractivity (Wildman–Crippen MR) is 49.1 cm³/mol. The summed E-state index contributed by atoms with van der Waals surface area (Å²) < 4.78 is 0. The van der Waals surface area contributed by atoms with Gasteiger partial charge < -0.3 is 15.5 Å². The molecule has 13 heavy (non-hydrogen) atoms. The molecule has 1 aromatic rings. The van der Waals surface area contributed by atoms with Gasteiger partial charge in [0.05, 0.1) is 12.3 Å². The van der Waals surface area contributed by atoms with Gasteiger partial charge in [-0.15, -0.1) is 4.91 Å². The van der Waals surface area contributed by atoms with E-state index in [4.69, 9.17) is 10.2 Å². The third-order valence-electron chi connectivity index (χ3n) is 1.51. The van der Waals surface area contributed by atoms with E-state index in [1.807, 2.05) is 0 Å². The topological polar surface area (TPSA) is 81.9 Å². The minimum atomic E-state index is -0.0286. The molecule has 0 aliphatic rings. The monoisotopic (exact) mass is 182 g/mol. The van der Waals surface area contributed by atoms with Crippen LogP contribution in [0.3, 0.4) is 0 Å². The summed E-state index contributed by atoms with van der Waals surface area (Å²) in [4.78, 5) is 10.3. The van der Waals surface area contributed by atoms with Gasteiger partial charge in [-0.25, -0.2) is 0 Å². The summed E-state index contributed by atoms with van der Waals surface area (Å²) in [7, 11) is 0. The van der Waals surface area contributed by atoms with Crippen LogP contribution in [0.1, 0.15) is 0 Å². The minimum Gasteiger partial charge on any atom is -0.508 e. The standard InChI is InChI=1S/C8H10N2O3/c11-4-3-9-7-2-1-6(12)5-8(7)10-13/h1-2,5,9,11-12H,3-4H2. The van der Waals surface area contributed by atoms with Crippen LogP contribution in [0, 0.1) is 4.91 Å². The Morgan fingerprint density at radius 3 is 2.85 bits per heavy atom. The van der Waals surface area contributed by atoms with E-state index in [1.165, 1.54) is 18.2 Å². The molecule has 70 valence electrons. The van der Waals surface area contributed by atoms with Crippen LogP contribution in [-0.2, 0) is 0 Å². The molecule has 0 saturated heterocycles. The van der Waals surface area contributed by atoms with Gasteiger partial charge in [-0.3, -0.25) is 0 Å². The first-order chi connectivity index (χ1) is 6.27. The van der Waals surface area contributed by atoms with Crippen molar-refractivity contribution in [3.8, 4) is 5.75 Å². The fraction of sp³-hybridized carbons (Fsp3) is 0.250. The van der Waals surface area contributed by atoms with Crippen molar-refractivity contribution in [2.24, 2.45) is 5.18 Å². The van der Waals surface area contributed by atoms with Gasteiger partial charge in [0.2, 0.25) is 0 Å². The molecular weight excluding hydrogens is 172 g/mol. The summed E-state index contributed by atoms with van der Waals surface area (Å²) in [5.41, 5.74) is 0.635. The van der Waals surface area contributed by atoms with Crippen molar-refractivity contribution in [1.29, 1.82) is 0 Å². The molecule has 0 atom stereocenters. The number of hydrogen-bond donors (Lipinski definition) is 3. The normalized spacial score (nSPS) is 9.62. The first kappa shape index (κ1) is 9.47. The molecule has 0 aromatic heterocycles. The number of rotatable bonds is 4. The molecule has 0 unspecified atom stereocenters. The smallest absolute Gasteiger partial charge is 0.134 e. The van der Waals surface area contributed by atoms with Crippen molar-refractivity contribution in [2.75, 3.05) is 18.5 Å². The van der Waals surface area contributed by atoms with Crippen LogP contribution in [0.4, 0.5) is 11.4 Å². The highest BCUT2D eigenvalue weighted by atomic mass is 16.3. The third-order valence-corrected chi connectivity index (χ3v) is 1.51. The van der Waals surface area contributed by atoms with E-state index in [1.54, 1.807) is 0 Å². The maximum atomic E-state index is 10.3. The fourth-order valence-electron chi connectivity index (χ4n) is 0.936. The van der Waals surface area contributed by atoms with Crippen LogP contribution < -0.4 is 5.32 Å². The Kier molecular flexibility index (Phi) is 3.22. The molecule has 1 aromatic carbocycles. The third kappa shape index (κ3) is 2.41. The summed E-state index contributed by atoms with van der Waals surface area (Å²) in [5, 5.41) is 23.1. The highest BCUT2D eigenvalue weighted by molar-refractivity contribution is 5.67. The van der Waals surface area contributed by atoms with Crippen molar-refractivity contribution < 1.29 is 10.2 Å². The van der Waals surface area contributed by atoms with Crippen molar-refractivity contribution in [1.82, 2.24) is 0 Å². The Balaban J connectivity index is 2.86. The minimum absolute atomic E-state index is 0.0100. The first-order valence-corrected chi connectivity index (χ1v) is 3.79. The number of nitroso groups, excluding NO2 is 1. The lowest BCUT2D eigenvalue weighted by molar-refractivity contribution is 0.311. The molecule has 0 fully saturated rings. The van der Waals surface area contributed by atoms with E-state index in [2.05, 4.69) is 10.5 Å². The zero-order chi connectivity index (χ0) is 9.68. The molecule has 0 saturated carbocycles. The van der Waals surface area contributed by atoms with Gasteiger partial charge in [0.1, 0.15) is 11.4 Å². The van der Waals surface area contributed by atoms with Gasteiger partial charge in [-0.2, -0.15) is 0 Å². The van der Waals surface area contributed by atoms with Gasteiger partial charge >= 0.3 is 0 Å². The summed E-state index contributed by atoms with van der Waals surface area (Å²) in [6.45, 7) is 0.312. The number of aliphatic hydroxyl groups is 1. The second-order valence-electron chi connectivity index (χ2n) is 2.44. The first-order valence-electron chi connectivity index (χ1n) is 3.79. The molecular formula is C8H10N2O3. The van der Waals surface area contributed by atoms with Crippen molar-refractivity contribution >= 4 is 11.4 Å². The second-order valence-corrected chi connectivity index (χ2v) is 2.44. The predicted octanol–water partition coefficient (Wildman–Crippen LogP) is 1.19. The molecule has 3 N–H and O–H groups in total. The van der Waals surface area contributed by atoms with Crippen LogP contribution in [0.2, 0.25) is 0 Å². The van der Waals surface area contributed by atoms with Crippen molar-refractivity contribution in [2.45, 2.75) is 0 Å². The number of nitrogens with zero attached hydrogens (tertiary/aromatic N) is 1. The lowest BCUT2D eigenvalue weighted by Crippen LogP contribution is -2.05. The van der Waals surface area contributed by atoms with Crippen LogP contribution >= 0.6 is 0 Å². The zero-order valence-corrected chi connectivity index (χ0v) is 6.90. The van der Waals surface area contributed by atoms with E-state index in [9.17, 15) is 4.91 Å². The lowest BCUT2D eigenvalue weighted by atomic mass is 10.2. The number of phenols is 1. The number of phenolic OH excluding ortho intramolecular Hbond substituents is 1. The van der Waals surface area contributed by atoms with E-state index in [0.29, 0.717) is 12.2 Å². The zero-order valence-electron chi connectivity index (χ0n) is 6.90. The molecule has 1 rings (SSSR count). The Bertz CT molecular complexity index is 301. The van der Waals surface area contributed by atoms with Crippen molar-refractivity contribution in [3.63, 3.8) is 0 Å². The average Bonchev–Trinajstić information content (AvgIpc) is 2.16. The SMILES string of the molecule is O=Nc1cc(O)ccc1NCCO. The highest BCUT2D eigenvalue weighted by Crippen LogP contribution is 2.28. The summed E-state index contributed by atoms with van der Waals surface area (Å²) in [6, 6.07) is 4.23. The van der Waals surface area contributed by atoms with Gasteiger partial charge in [0.15, 0.2) is 0 Å². The Morgan fingerprint density at radius 2 is 2.23 bits per heavy atom. The van der Waals surface area contributed by atoms with E-state index in [0.717, 1.165) is 0 Å². The fourth-order valence-corrected chi connectivity index (χ4v) is 0.936. The maximum Gasteiger partial charge on any atom is 0.134 e. The molecule has 0 spiro atoms. The molecule has 5 nitrogen and oxygen atoms in total. The van der Waals surface area contributed by atoms with Crippen LogP contribution in [0.25, 0.3) is 0 Å². The number of aliphatic hydroxyl groups excluding tert-OH is 1. The summed E-state index contributed by atoms with van der Waals surface area (Å²) in [5.74, 6) is -0.0100. The molecule has 5 heteroatoms. The Labute approximate surface area is 75.0 Å². The van der Waals surface area contributed by atoms with Crippen LogP contribution in [-0.4, -0.2) is 23.4 Å². The molecule has 0 bridgehead atoms. The second kappa shape index (κ2) is 4.42. The number of hydrogen-bond acceptors (Lipinski definition) is 5. The Hall–Kier alpha value is -1.62. The van der Waals surface area contributed by atoms with E-state index >= 15 is 0 Å². The summed E-state index contributed by atoms with van der Waals surface area (Å²) in [6.07, 6.45) is 0. The van der Waals surface area contributed by atoms with Crippen molar-refractivity contribution in [3.05, 3.63) is 23.1 Å². The number of nitrogens with one attached hydrogen (secondary N) is 1. The number of aromatic hydroxyl groups is 1. The maximum absolute atomic E-state index is 10.3.